The highest BCUT2D eigenvalue weighted by atomic mass is 16.5. The van der Waals surface area contributed by atoms with Crippen molar-refractivity contribution in [3.05, 3.63) is 94.8 Å². The third kappa shape index (κ3) is 5.11. The van der Waals surface area contributed by atoms with E-state index in [1.807, 2.05) is 32.0 Å². The molecule has 0 aliphatic carbocycles. The second-order valence-corrected chi connectivity index (χ2v) is 8.85. The number of aliphatic hydroxyl groups excluding tert-OH is 1. The fourth-order valence-corrected chi connectivity index (χ4v) is 4.41. The summed E-state index contributed by atoms with van der Waals surface area (Å²) in [7, 11) is 0. The summed E-state index contributed by atoms with van der Waals surface area (Å²) < 4.78 is 5.76. The lowest BCUT2D eigenvalue weighted by molar-refractivity contribution is -0.132. The van der Waals surface area contributed by atoms with Crippen LogP contribution in [0.15, 0.2) is 72.4 Å². The first-order valence-corrected chi connectivity index (χ1v) is 11.9. The molecule has 1 aromatic heterocycles. The minimum Gasteiger partial charge on any atom is -0.507 e. The van der Waals surface area contributed by atoms with Gasteiger partial charge in [-0.1, -0.05) is 31.9 Å². The van der Waals surface area contributed by atoms with Crippen LogP contribution in [-0.2, 0) is 9.59 Å². The lowest BCUT2D eigenvalue weighted by Crippen LogP contribution is -2.30. The Morgan fingerprint density at radius 1 is 1.00 bits per heavy atom. The number of benzene rings is 2. The number of rotatable bonds is 8. The van der Waals surface area contributed by atoms with Crippen LogP contribution in [0.2, 0.25) is 0 Å². The fourth-order valence-electron chi connectivity index (χ4n) is 4.41. The average molecular weight is 471 g/mol. The predicted molar refractivity (Wildman–Crippen MR) is 136 cm³/mol. The molecule has 2 aromatic carbocycles. The quantitative estimate of drug-likeness (QED) is 0.192. The molecule has 4 rings (SSSR count). The molecule has 0 bridgehead atoms. The molecule has 1 saturated heterocycles. The van der Waals surface area contributed by atoms with E-state index in [9.17, 15) is 14.7 Å². The van der Waals surface area contributed by atoms with Crippen LogP contribution in [0.4, 0.5) is 5.69 Å². The Morgan fingerprint density at radius 2 is 1.71 bits per heavy atom. The second kappa shape index (κ2) is 10.6. The second-order valence-electron chi connectivity index (χ2n) is 8.85. The first kappa shape index (κ1) is 24.2. The Balaban J connectivity index is 1.76. The van der Waals surface area contributed by atoms with Crippen molar-refractivity contribution in [1.29, 1.82) is 0 Å². The molecule has 0 saturated carbocycles. The summed E-state index contributed by atoms with van der Waals surface area (Å²) in [6.07, 6.45) is 4.81. The number of aliphatic hydroxyl groups is 1. The topological polar surface area (TPSA) is 79.7 Å². The third-order valence-corrected chi connectivity index (χ3v) is 6.04. The number of carbonyl (C=O) groups is 2. The molecule has 1 N–H and O–H groups in total. The molecule has 3 aromatic rings. The zero-order chi connectivity index (χ0) is 24.9. The van der Waals surface area contributed by atoms with Gasteiger partial charge in [0.05, 0.1) is 17.9 Å². The number of nitrogens with zero attached hydrogens (tertiary/aromatic N) is 2. The van der Waals surface area contributed by atoms with Gasteiger partial charge in [0.15, 0.2) is 0 Å². The van der Waals surface area contributed by atoms with Gasteiger partial charge in [0, 0.05) is 17.4 Å². The summed E-state index contributed by atoms with van der Waals surface area (Å²) in [5.41, 5.74) is 3.49. The van der Waals surface area contributed by atoms with Crippen LogP contribution >= 0.6 is 0 Å². The van der Waals surface area contributed by atoms with Crippen LogP contribution in [0.1, 0.15) is 54.6 Å². The van der Waals surface area contributed by atoms with Crippen molar-refractivity contribution in [3.63, 3.8) is 0 Å². The van der Waals surface area contributed by atoms with Gasteiger partial charge in [0.2, 0.25) is 0 Å². The lowest BCUT2D eigenvalue weighted by atomic mass is 9.98. The Labute approximate surface area is 205 Å². The normalized spacial score (nSPS) is 17.1. The van der Waals surface area contributed by atoms with Crippen LogP contribution in [-0.4, -0.2) is 28.4 Å². The number of anilines is 1. The van der Waals surface area contributed by atoms with E-state index in [4.69, 9.17) is 4.74 Å². The van der Waals surface area contributed by atoms with Crippen molar-refractivity contribution >= 4 is 23.1 Å². The van der Waals surface area contributed by atoms with Gasteiger partial charge in [-0.25, -0.2) is 0 Å². The van der Waals surface area contributed by atoms with E-state index in [1.54, 1.807) is 48.7 Å². The maximum absolute atomic E-state index is 13.3. The molecule has 0 spiro atoms. The van der Waals surface area contributed by atoms with E-state index in [-0.39, 0.29) is 11.3 Å². The smallest absolute Gasteiger partial charge is 0.300 e. The number of amides is 1. The number of aromatic nitrogens is 1. The summed E-state index contributed by atoms with van der Waals surface area (Å²) in [6.45, 7) is 6.64. The SMILES string of the molecule is CCCCCOc1ccc(/C(O)=C2\C(=O)C(=O)N(c3cc(C)cc(C)c3)C2c2ccccn2)cc1. The van der Waals surface area contributed by atoms with Gasteiger partial charge in [0.25, 0.3) is 11.7 Å². The molecule has 6 nitrogen and oxygen atoms in total. The minimum absolute atomic E-state index is 0.0180. The molecule has 6 heteroatoms. The number of pyridine rings is 1. The highest BCUT2D eigenvalue weighted by Gasteiger charge is 2.47. The maximum Gasteiger partial charge on any atom is 0.300 e. The van der Waals surface area contributed by atoms with Gasteiger partial charge in [-0.3, -0.25) is 19.5 Å². The van der Waals surface area contributed by atoms with E-state index in [2.05, 4.69) is 11.9 Å². The van der Waals surface area contributed by atoms with E-state index in [1.165, 1.54) is 4.90 Å². The van der Waals surface area contributed by atoms with Gasteiger partial charge in [0.1, 0.15) is 17.6 Å². The van der Waals surface area contributed by atoms with Gasteiger partial charge in [-0.05, 0) is 79.9 Å². The van der Waals surface area contributed by atoms with E-state index >= 15 is 0 Å². The zero-order valence-corrected chi connectivity index (χ0v) is 20.3. The number of carbonyl (C=O) groups excluding carboxylic acids is 2. The molecule has 1 atom stereocenters. The first-order valence-electron chi connectivity index (χ1n) is 11.9. The number of ether oxygens (including phenoxy) is 1. The number of hydrogen-bond acceptors (Lipinski definition) is 5. The largest absolute Gasteiger partial charge is 0.507 e. The fraction of sp³-hybridized carbons (Fsp3) is 0.276. The Bertz CT molecular complexity index is 1230. The molecule has 1 unspecified atom stereocenters. The number of aryl methyl sites for hydroxylation is 2. The molecular weight excluding hydrogens is 440 g/mol. The highest BCUT2D eigenvalue weighted by molar-refractivity contribution is 6.51. The van der Waals surface area contributed by atoms with E-state index in [0.717, 1.165) is 30.4 Å². The average Bonchev–Trinajstić information content (AvgIpc) is 3.12. The monoisotopic (exact) mass is 470 g/mol. The van der Waals surface area contributed by atoms with Crippen LogP contribution in [0.3, 0.4) is 0 Å². The number of unbranched alkanes of at least 4 members (excludes halogenated alkanes) is 2. The van der Waals surface area contributed by atoms with Crippen molar-refractivity contribution in [2.75, 3.05) is 11.5 Å². The van der Waals surface area contributed by atoms with Crippen LogP contribution in [0, 0.1) is 13.8 Å². The summed E-state index contributed by atoms with van der Waals surface area (Å²) in [5, 5.41) is 11.3. The van der Waals surface area contributed by atoms with Gasteiger partial charge < -0.3 is 9.84 Å². The maximum atomic E-state index is 13.3. The van der Waals surface area contributed by atoms with E-state index in [0.29, 0.717) is 29.3 Å². The zero-order valence-electron chi connectivity index (χ0n) is 20.3. The predicted octanol–water partition coefficient (Wildman–Crippen LogP) is 5.89. The molecule has 0 radical (unpaired) electrons. The molecule has 180 valence electrons. The third-order valence-electron chi connectivity index (χ3n) is 6.04. The molecule has 1 aliphatic heterocycles. The van der Waals surface area contributed by atoms with Crippen LogP contribution in [0.5, 0.6) is 5.75 Å². The van der Waals surface area contributed by atoms with Crippen molar-refractivity contribution in [1.82, 2.24) is 4.98 Å². The lowest BCUT2D eigenvalue weighted by Gasteiger charge is -2.25. The standard InChI is InChI=1S/C29H30N2O4/c1-4-5-8-15-35-23-12-10-21(11-13-23)27(32)25-26(24-9-6-7-14-30-24)31(29(34)28(25)33)22-17-19(2)16-20(3)18-22/h6-7,9-14,16-18,26,32H,4-5,8,15H2,1-3H3/b27-25+. The number of Topliss-reactive ketones (excluding diaryl/α,β-unsaturated/α-hetero) is 1. The Kier molecular flexibility index (Phi) is 7.30. The molecule has 1 amide bonds. The van der Waals surface area contributed by atoms with Crippen LogP contribution < -0.4 is 9.64 Å². The van der Waals surface area contributed by atoms with Crippen LogP contribution in [0.25, 0.3) is 5.76 Å². The molecule has 1 aliphatic rings. The van der Waals surface area contributed by atoms with Gasteiger partial charge >= 0.3 is 0 Å². The Hall–Kier alpha value is -3.93. The summed E-state index contributed by atoms with van der Waals surface area (Å²) in [4.78, 5) is 32.4. The van der Waals surface area contributed by atoms with Crippen molar-refractivity contribution in [2.24, 2.45) is 0 Å². The van der Waals surface area contributed by atoms with Gasteiger partial charge in [-0.2, -0.15) is 0 Å². The minimum atomic E-state index is -0.845. The summed E-state index contributed by atoms with van der Waals surface area (Å²) >= 11 is 0. The van der Waals surface area contributed by atoms with Crippen molar-refractivity contribution in [2.45, 2.75) is 46.1 Å². The number of hydrogen-bond donors (Lipinski definition) is 1. The molecular formula is C29H30N2O4. The highest BCUT2D eigenvalue weighted by Crippen LogP contribution is 2.42. The summed E-state index contributed by atoms with van der Waals surface area (Å²) in [6, 6.07) is 17.1. The molecule has 2 heterocycles. The van der Waals surface area contributed by atoms with Crippen molar-refractivity contribution in [3.8, 4) is 5.75 Å². The van der Waals surface area contributed by atoms with E-state index < -0.39 is 17.7 Å². The molecule has 35 heavy (non-hydrogen) atoms. The Morgan fingerprint density at radius 3 is 2.34 bits per heavy atom. The van der Waals surface area contributed by atoms with Crippen molar-refractivity contribution < 1.29 is 19.4 Å². The molecule has 1 fully saturated rings. The first-order chi connectivity index (χ1) is 16.9. The number of ketones is 1. The van der Waals surface area contributed by atoms with Gasteiger partial charge in [-0.15, -0.1) is 0 Å². The summed E-state index contributed by atoms with van der Waals surface area (Å²) in [5.74, 6) is -0.974.